The maximum Gasteiger partial charge on any atom is 0.239 e. The minimum absolute atomic E-state index is 0.103. The molecule has 1 aromatic heterocycles. The predicted octanol–water partition coefficient (Wildman–Crippen LogP) is 2.86. The van der Waals surface area contributed by atoms with Crippen LogP contribution in [0.1, 0.15) is 17.0 Å². The average molecular weight is 296 g/mol. The molecule has 0 aliphatic carbocycles. The lowest BCUT2D eigenvalue weighted by Crippen LogP contribution is -2.14. The number of amides is 1. The zero-order chi connectivity index (χ0) is 14.7. The normalized spacial score (nSPS) is 10.6. The van der Waals surface area contributed by atoms with Gasteiger partial charge in [-0.15, -0.1) is 11.6 Å². The van der Waals surface area contributed by atoms with Crippen LogP contribution in [0.3, 0.4) is 0 Å². The molecule has 0 radical (unpaired) electrons. The maximum atomic E-state index is 13.2. The van der Waals surface area contributed by atoms with Crippen LogP contribution in [0.2, 0.25) is 0 Å². The van der Waals surface area contributed by atoms with Gasteiger partial charge in [-0.1, -0.05) is 12.1 Å². The Labute approximate surface area is 121 Å². The first-order chi connectivity index (χ1) is 9.51. The average Bonchev–Trinajstić information content (AvgIpc) is 2.66. The Morgan fingerprint density at radius 1 is 1.45 bits per heavy atom. The van der Waals surface area contributed by atoms with Gasteiger partial charge in [0.05, 0.1) is 23.6 Å². The number of rotatable bonds is 4. The van der Waals surface area contributed by atoms with Crippen LogP contribution in [0.5, 0.6) is 0 Å². The molecule has 2 aromatic rings. The molecule has 4 nitrogen and oxygen atoms in total. The minimum Gasteiger partial charge on any atom is -0.322 e. The molecule has 1 aromatic carbocycles. The fourth-order valence-corrected chi connectivity index (χ4v) is 2.08. The number of nitrogens with zero attached hydrogens (tertiary/aromatic N) is 2. The van der Waals surface area contributed by atoms with E-state index < -0.39 is 0 Å². The summed E-state index contributed by atoms with van der Waals surface area (Å²) in [5, 5.41) is 7.08. The van der Waals surface area contributed by atoms with E-state index in [4.69, 9.17) is 11.6 Å². The highest BCUT2D eigenvalue weighted by Crippen LogP contribution is 2.20. The van der Waals surface area contributed by atoms with Crippen molar-refractivity contribution in [2.45, 2.75) is 20.4 Å². The lowest BCUT2D eigenvalue weighted by molar-refractivity contribution is -0.113. The number of carbonyl (C=O) groups is 1. The molecule has 0 fully saturated rings. The molecule has 1 amide bonds. The van der Waals surface area contributed by atoms with E-state index in [9.17, 15) is 9.18 Å². The maximum absolute atomic E-state index is 13.2. The van der Waals surface area contributed by atoms with Gasteiger partial charge in [0.1, 0.15) is 11.7 Å². The molecule has 0 aliphatic rings. The van der Waals surface area contributed by atoms with Gasteiger partial charge in [-0.25, -0.2) is 4.39 Å². The number of carbonyl (C=O) groups excluding carboxylic acids is 1. The van der Waals surface area contributed by atoms with E-state index in [0.717, 1.165) is 11.3 Å². The van der Waals surface area contributed by atoms with Gasteiger partial charge in [0.2, 0.25) is 5.91 Å². The van der Waals surface area contributed by atoms with Crippen molar-refractivity contribution in [3.05, 3.63) is 47.0 Å². The number of hydrogen-bond donors (Lipinski definition) is 1. The molecule has 0 saturated heterocycles. The van der Waals surface area contributed by atoms with Crippen LogP contribution >= 0.6 is 11.6 Å². The van der Waals surface area contributed by atoms with Crippen molar-refractivity contribution in [1.82, 2.24) is 9.78 Å². The van der Waals surface area contributed by atoms with Crippen LogP contribution in [0.15, 0.2) is 24.3 Å². The number of aryl methyl sites for hydroxylation is 1. The molecule has 0 atom stereocenters. The molecule has 0 saturated carbocycles. The van der Waals surface area contributed by atoms with Gasteiger partial charge in [-0.2, -0.15) is 5.10 Å². The van der Waals surface area contributed by atoms with Gasteiger partial charge in [-0.05, 0) is 31.5 Å². The SMILES string of the molecule is Cc1nn(Cc2cccc(F)c2)c(C)c1NC(=O)CCl. The first kappa shape index (κ1) is 14.5. The Balaban J connectivity index is 2.25. The molecule has 6 heteroatoms. The molecule has 1 heterocycles. The highest BCUT2D eigenvalue weighted by atomic mass is 35.5. The number of benzene rings is 1. The standard InChI is InChI=1S/C14H15ClFN3O/c1-9-14(17-13(20)7-15)10(2)19(18-9)8-11-4-3-5-12(16)6-11/h3-6H,7-8H2,1-2H3,(H,17,20). The van der Waals surface area contributed by atoms with Crippen LogP contribution in [-0.2, 0) is 11.3 Å². The number of halogens is 2. The van der Waals surface area contributed by atoms with E-state index in [-0.39, 0.29) is 17.6 Å². The monoisotopic (exact) mass is 295 g/mol. The van der Waals surface area contributed by atoms with Crippen molar-refractivity contribution in [2.75, 3.05) is 11.2 Å². The second-order valence-electron chi connectivity index (χ2n) is 4.52. The largest absolute Gasteiger partial charge is 0.322 e. The van der Waals surface area contributed by atoms with Gasteiger partial charge in [0, 0.05) is 0 Å². The lowest BCUT2D eigenvalue weighted by atomic mass is 10.2. The summed E-state index contributed by atoms with van der Waals surface area (Å²) in [5.74, 6) is -0.656. The number of hydrogen-bond acceptors (Lipinski definition) is 2. The lowest BCUT2D eigenvalue weighted by Gasteiger charge is -2.06. The minimum atomic E-state index is -0.278. The summed E-state index contributed by atoms with van der Waals surface area (Å²) in [6.07, 6.45) is 0. The van der Waals surface area contributed by atoms with Crippen molar-refractivity contribution >= 4 is 23.2 Å². The van der Waals surface area contributed by atoms with Crippen molar-refractivity contribution in [2.24, 2.45) is 0 Å². The molecule has 0 spiro atoms. The van der Waals surface area contributed by atoms with Gasteiger partial charge in [0.25, 0.3) is 0 Å². The predicted molar refractivity (Wildman–Crippen MR) is 76.6 cm³/mol. The van der Waals surface area contributed by atoms with E-state index in [1.165, 1.54) is 12.1 Å². The van der Waals surface area contributed by atoms with Crippen LogP contribution < -0.4 is 5.32 Å². The molecule has 1 N–H and O–H groups in total. The topological polar surface area (TPSA) is 46.9 Å². The van der Waals surface area contributed by atoms with Crippen molar-refractivity contribution in [1.29, 1.82) is 0 Å². The summed E-state index contributed by atoms with van der Waals surface area (Å²) in [5.41, 5.74) is 2.99. The summed E-state index contributed by atoms with van der Waals surface area (Å²) >= 11 is 5.48. The van der Waals surface area contributed by atoms with Crippen LogP contribution in [0, 0.1) is 19.7 Å². The van der Waals surface area contributed by atoms with Gasteiger partial charge in [0.15, 0.2) is 0 Å². The highest BCUT2D eigenvalue weighted by Gasteiger charge is 2.13. The Morgan fingerprint density at radius 2 is 2.20 bits per heavy atom. The van der Waals surface area contributed by atoms with E-state index in [1.54, 1.807) is 17.7 Å². The molecule has 20 heavy (non-hydrogen) atoms. The quantitative estimate of drug-likeness (QED) is 0.882. The second-order valence-corrected chi connectivity index (χ2v) is 4.78. The molecule has 2 rings (SSSR count). The van der Waals surface area contributed by atoms with Crippen molar-refractivity contribution in [3.8, 4) is 0 Å². The van der Waals surface area contributed by atoms with Gasteiger partial charge in [-0.3, -0.25) is 9.48 Å². The summed E-state index contributed by atoms with van der Waals surface area (Å²) in [6.45, 7) is 4.10. The zero-order valence-electron chi connectivity index (χ0n) is 11.3. The van der Waals surface area contributed by atoms with E-state index >= 15 is 0 Å². The third-order valence-electron chi connectivity index (χ3n) is 2.99. The number of nitrogens with one attached hydrogen (secondary N) is 1. The Kier molecular flexibility index (Phi) is 4.39. The molecule has 0 aliphatic heterocycles. The third-order valence-corrected chi connectivity index (χ3v) is 3.23. The number of aromatic nitrogens is 2. The van der Waals surface area contributed by atoms with E-state index in [0.29, 0.717) is 17.9 Å². The fraction of sp³-hybridized carbons (Fsp3) is 0.286. The first-order valence-electron chi connectivity index (χ1n) is 6.15. The van der Waals surface area contributed by atoms with Crippen LogP contribution in [0.4, 0.5) is 10.1 Å². The Hall–Kier alpha value is -1.88. The summed E-state index contributed by atoms with van der Waals surface area (Å²) in [7, 11) is 0. The Morgan fingerprint density at radius 3 is 2.85 bits per heavy atom. The van der Waals surface area contributed by atoms with Gasteiger partial charge >= 0.3 is 0 Å². The second kappa shape index (κ2) is 6.05. The summed E-state index contributed by atoms with van der Waals surface area (Å²) < 4.78 is 14.9. The highest BCUT2D eigenvalue weighted by molar-refractivity contribution is 6.29. The Bertz CT molecular complexity index is 639. The molecular formula is C14H15ClFN3O. The summed E-state index contributed by atoms with van der Waals surface area (Å²) in [6, 6.07) is 6.35. The first-order valence-corrected chi connectivity index (χ1v) is 6.69. The van der Waals surface area contributed by atoms with Crippen molar-refractivity contribution in [3.63, 3.8) is 0 Å². The van der Waals surface area contributed by atoms with Crippen molar-refractivity contribution < 1.29 is 9.18 Å². The molecule has 106 valence electrons. The molecular weight excluding hydrogens is 281 g/mol. The van der Waals surface area contributed by atoms with Gasteiger partial charge < -0.3 is 5.32 Å². The third kappa shape index (κ3) is 3.17. The molecule has 0 unspecified atom stereocenters. The fourth-order valence-electron chi connectivity index (χ4n) is 2.01. The smallest absolute Gasteiger partial charge is 0.239 e. The number of anilines is 1. The number of alkyl halides is 1. The zero-order valence-corrected chi connectivity index (χ0v) is 12.0. The summed E-state index contributed by atoms with van der Waals surface area (Å²) in [4.78, 5) is 11.4. The van der Waals surface area contributed by atoms with E-state index in [1.807, 2.05) is 13.0 Å². The van der Waals surface area contributed by atoms with Crippen LogP contribution in [-0.4, -0.2) is 21.6 Å². The molecule has 0 bridgehead atoms. The van der Waals surface area contributed by atoms with E-state index in [2.05, 4.69) is 10.4 Å². The van der Waals surface area contributed by atoms with Crippen LogP contribution in [0.25, 0.3) is 0 Å².